The quantitative estimate of drug-likeness (QED) is 0.574. The van der Waals surface area contributed by atoms with Gasteiger partial charge in [0.15, 0.2) is 5.78 Å². The van der Waals surface area contributed by atoms with Crippen LogP contribution < -0.4 is 4.74 Å². The summed E-state index contributed by atoms with van der Waals surface area (Å²) >= 11 is 0. The van der Waals surface area contributed by atoms with Crippen LogP contribution in [0.25, 0.3) is 0 Å². The molecule has 0 aromatic heterocycles. The highest BCUT2D eigenvalue weighted by molar-refractivity contribution is 5.79. The number of carbonyl (C=O) groups excluding carboxylic acids is 1. The molecule has 1 aromatic rings. The van der Waals surface area contributed by atoms with E-state index in [-0.39, 0.29) is 24.5 Å². The van der Waals surface area contributed by atoms with E-state index in [9.17, 15) is 14.9 Å². The van der Waals surface area contributed by atoms with E-state index in [0.29, 0.717) is 5.75 Å². The zero-order valence-corrected chi connectivity index (χ0v) is 8.46. The van der Waals surface area contributed by atoms with Gasteiger partial charge in [-0.2, -0.15) is 0 Å². The Morgan fingerprint density at radius 2 is 2.00 bits per heavy atom. The highest BCUT2D eigenvalue weighted by atomic mass is 16.6. The lowest BCUT2D eigenvalue weighted by Crippen LogP contribution is -2.09. The number of hydrogen-bond acceptors (Lipinski definition) is 5. The van der Waals surface area contributed by atoms with E-state index in [0.717, 1.165) is 0 Å². The van der Waals surface area contributed by atoms with Crippen LogP contribution in [-0.2, 0) is 4.79 Å². The van der Waals surface area contributed by atoms with E-state index in [2.05, 4.69) is 0 Å². The van der Waals surface area contributed by atoms with Crippen LogP contribution in [0.2, 0.25) is 0 Å². The van der Waals surface area contributed by atoms with Gasteiger partial charge in [0.1, 0.15) is 12.4 Å². The molecule has 0 radical (unpaired) electrons. The van der Waals surface area contributed by atoms with E-state index in [1.807, 2.05) is 0 Å². The van der Waals surface area contributed by atoms with Gasteiger partial charge in [-0.25, -0.2) is 0 Å². The molecule has 1 rings (SSSR count). The van der Waals surface area contributed by atoms with Crippen molar-refractivity contribution >= 4 is 11.5 Å². The van der Waals surface area contributed by atoms with Crippen LogP contribution in [0.3, 0.4) is 0 Å². The van der Waals surface area contributed by atoms with Crippen molar-refractivity contribution in [1.29, 1.82) is 0 Å². The molecule has 0 aliphatic rings. The average Bonchev–Trinajstić information content (AvgIpc) is 2.29. The second kappa shape index (κ2) is 5.82. The summed E-state index contributed by atoms with van der Waals surface area (Å²) < 4.78 is 5.16. The molecule has 1 N–H and O–H groups in total. The van der Waals surface area contributed by atoms with Gasteiger partial charge in [-0.3, -0.25) is 14.9 Å². The Labute approximate surface area is 91.6 Å². The summed E-state index contributed by atoms with van der Waals surface area (Å²) in [5, 5.41) is 18.8. The fourth-order valence-corrected chi connectivity index (χ4v) is 1.03. The zero-order chi connectivity index (χ0) is 12.0. The average molecular weight is 225 g/mol. The fraction of sp³-hybridized carbons (Fsp3) is 0.300. The zero-order valence-electron chi connectivity index (χ0n) is 8.46. The van der Waals surface area contributed by atoms with Crippen molar-refractivity contribution in [3.8, 4) is 5.75 Å². The number of aliphatic hydroxyl groups is 1. The number of ketones is 1. The minimum atomic E-state index is -0.501. The van der Waals surface area contributed by atoms with Crippen molar-refractivity contribution < 1.29 is 19.6 Å². The summed E-state index contributed by atoms with van der Waals surface area (Å²) in [7, 11) is 0. The first-order chi connectivity index (χ1) is 7.63. The maximum Gasteiger partial charge on any atom is 0.269 e. The molecule has 6 nitrogen and oxygen atoms in total. The van der Waals surface area contributed by atoms with Crippen LogP contribution >= 0.6 is 0 Å². The Bertz CT molecular complexity index is 373. The molecule has 0 heterocycles. The van der Waals surface area contributed by atoms with Gasteiger partial charge >= 0.3 is 0 Å². The lowest BCUT2D eigenvalue weighted by molar-refractivity contribution is -0.384. The minimum absolute atomic E-state index is 0.0150. The summed E-state index contributed by atoms with van der Waals surface area (Å²) in [6, 6.07) is 5.56. The molecule has 0 spiro atoms. The largest absolute Gasteiger partial charge is 0.493 e. The first-order valence-corrected chi connectivity index (χ1v) is 4.63. The van der Waals surface area contributed by atoms with Crippen LogP contribution in [0.1, 0.15) is 6.42 Å². The van der Waals surface area contributed by atoms with Gasteiger partial charge in [-0.1, -0.05) is 0 Å². The summed E-state index contributed by atoms with van der Waals surface area (Å²) in [6.07, 6.45) is 0.119. The molecular weight excluding hydrogens is 214 g/mol. The number of hydrogen-bond donors (Lipinski definition) is 1. The number of rotatable bonds is 6. The molecule has 0 aliphatic carbocycles. The molecule has 0 unspecified atom stereocenters. The first kappa shape index (κ1) is 12.1. The normalized spacial score (nSPS) is 9.81. The standard InChI is InChI=1S/C10H11NO5/c12-7-9(13)5-6-16-10-3-1-8(2-4-10)11(14)15/h1-4,12H,5-7H2. The van der Waals surface area contributed by atoms with Gasteiger partial charge in [-0.15, -0.1) is 0 Å². The number of ether oxygens (including phenoxy) is 1. The summed E-state index contributed by atoms with van der Waals surface area (Å²) in [6.45, 7) is -0.346. The fourth-order valence-electron chi connectivity index (χ4n) is 1.03. The number of nitro benzene ring substituents is 1. The molecule has 0 saturated carbocycles. The van der Waals surface area contributed by atoms with Gasteiger partial charge in [-0.05, 0) is 12.1 Å². The smallest absolute Gasteiger partial charge is 0.269 e. The Morgan fingerprint density at radius 1 is 1.38 bits per heavy atom. The monoisotopic (exact) mass is 225 g/mol. The molecule has 1 aromatic carbocycles. The predicted molar refractivity (Wildman–Crippen MR) is 55.3 cm³/mol. The molecule has 86 valence electrons. The molecule has 0 amide bonds. The van der Waals surface area contributed by atoms with Crippen molar-refractivity contribution in [1.82, 2.24) is 0 Å². The van der Waals surface area contributed by atoms with E-state index in [1.54, 1.807) is 0 Å². The van der Waals surface area contributed by atoms with Crippen LogP contribution in [-0.4, -0.2) is 29.0 Å². The second-order valence-electron chi connectivity index (χ2n) is 3.05. The molecule has 0 aliphatic heterocycles. The number of nitrogens with zero attached hydrogens (tertiary/aromatic N) is 1. The Morgan fingerprint density at radius 3 is 2.50 bits per heavy atom. The minimum Gasteiger partial charge on any atom is -0.493 e. The predicted octanol–water partition coefficient (Wildman–Crippen LogP) is 0.925. The van der Waals surface area contributed by atoms with Crippen LogP contribution in [0, 0.1) is 10.1 Å². The number of nitro groups is 1. The molecule has 0 saturated heterocycles. The van der Waals surface area contributed by atoms with E-state index >= 15 is 0 Å². The molecule has 0 fully saturated rings. The van der Waals surface area contributed by atoms with E-state index in [4.69, 9.17) is 9.84 Å². The van der Waals surface area contributed by atoms with Crippen molar-refractivity contribution in [3.63, 3.8) is 0 Å². The third kappa shape index (κ3) is 3.66. The number of aliphatic hydroxyl groups excluding tert-OH is 1. The molecule has 16 heavy (non-hydrogen) atoms. The van der Waals surface area contributed by atoms with Crippen LogP contribution in [0.4, 0.5) is 5.69 Å². The maximum absolute atomic E-state index is 10.7. The van der Waals surface area contributed by atoms with Crippen LogP contribution in [0.5, 0.6) is 5.75 Å². The van der Waals surface area contributed by atoms with Crippen molar-refractivity contribution in [3.05, 3.63) is 34.4 Å². The van der Waals surface area contributed by atoms with Gasteiger partial charge in [0.05, 0.1) is 11.5 Å². The molecule has 0 atom stereocenters. The number of Topliss-reactive ketones (excluding diaryl/α,β-unsaturated/α-hetero) is 1. The third-order valence-corrected chi connectivity index (χ3v) is 1.87. The highest BCUT2D eigenvalue weighted by Gasteiger charge is 2.05. The van der Waals surface area contributed by atoms with E-state index in [1.165, 1.54) is 24.3 Å². The molecular formula is C10H11NO5. The molecule has 0 bridgehead atoms. The number of benzene rings is 1. The van der Waals surface area contributed by atoms with Crippen molar-refractivity contribution in [2.45, 2.75) is 6.42 Å². The summed E-state index contributed by atoms with van der Waals surface area (Å²) in [5.74, 6) is 0.151. The lowest BCUT2D eigenvalue weighted by Gasteiger charge is -2.04. The van der Waals surface area contributed by atoms with Crippen molar-refractivity contribution in [2.75, 3.05) is 13.2 Å². The summed E-state index contributed by atoms with van der Waals surface area (Å²) in [4.78, 5) is 20.6. The lowest BCUT2D eigenvalue weighted by atomic mass is 10.3. The van der Waals surface area contributed by atoms with Gasteiger partial charge < -0.3 is 9.84 Å². The van der Waals surface area contributed by atoms with Gasteiger partial charge in [0.2, 0.25) is 0 Å². The first-order valence-electron chi connectivity index (χ1n) is 4.63. The van der Waals surface area contributed by atoms with E-state index < -0.39 is 11.5 Å². The topological polar surface area (TPSA) is 89.7 Å². The van der Waals surface area contributed by atoms with Crippen LogP contribution in [0.15, 0.2) is 24.3 Å². The number of non-ortho nitro benzene ring substituents is 1. The summed E-state index contributed by atoms with van der Waals surface area (Å²) in [5.41, 5.74) is -0.0150. The Kier molecular flexibility index (Phi) is 4.41. The maximum atomic E-state index is 10.7. The van der Waals surface area contributed by atoms with Gasteiger partial charge in [0.25, 0.3) is 5.69 Å². The highest BCUT2D eigenvalue weighted by Crippen LogP contribution is 2.17. The number of carbonyl (C=O) groups is 1. The Balaban J connectivity index is 2.43. The SMILES string of the molecule is O=C(CO)CCOc1ccc([N+](=O)[O-])cc1. The second-order valence-corrected chi connectivity index (χ2v) is 3.05. The van der Waals surface area contributed by atoms with Gasteiger partial charge in [0, 0.05) is 18.6 Å². The Hall–Kier alpha value is -1.95. The van der Waals surface area contributed by atoms with Crippen molar-refractivity contribution in [2.24, 2.45) is 0 Å². The third-order valence-electron chi connectivity index (χ3n) is 1.87. The molecule has 6 heteroatoms.